The summed E-state index contributed by atoms with van der Waals surface area (Å²) in [4.78, 5) is 11.7. The maximum absolute atomic E-state index is 11.7. The number of carbonyl (C=O) groups excluding carboxylic acids is 1. The molecule has 1 amide bonds. The van der Waals surface area contributed by atoms with Gasteiger partial charge in [0.1, 0.15) is 0 Å². The second-order valence-corrected chi connectivity index (χ2v) is 3.71. The summed E-state index contributed by atoms with van der Waals surface area (Å²) in [6, 6.07) is 8.62. The summed E-state index contributed by atoms with van der Waals surface area (Å²) in [5.74, 6) is -0.155. The summed E-state index contributed by atoms with van der Waals surface area (Å²) in [6.45, 7) is 0.422. The van der Waals surface area contributed by atoms with Crippen molar-refractivity contribution in [2.45, 2.75) is 6.54 Å². The highest BCUT2D eigenvalue weighted by Crippen LogP contribution is 2.10. The zero-order chi connectivity index (χ0) is 11.4. The number of carbonyl (C=O) groups is 1. The number of hydrogen-bond acceptors (Lipinski definition) is 2. The second-order valence-electron chi connectivity index (χ2n) is 3.27. The van der Waals surface area contributed by atoms with Crippen LogP contribution in [0.2, 0.25) is 5.02 Å². The van der Waals surface area contributed by atoms with Crippen LogP contribution < -0.4 is 5.32 Å². The van der Waals surface area contributed by atoms with E-state index < -0.39 is 0 Å². The van der Waals surface area contributed by atoms with Crippen LogP contribution in [0.1, 0.15) is 16.1 Å². The quantitative estimate of drug-likeness (QED) is 0.855. The molecule has 82 valence electrons. The van der Waals surface area contributed by atoms with Crippen LogP contribution in [-0.2, 0) is 6.54 Å². The van der Waals surface area contributed by atoms with Crippen LogP contribution in [-0.4, -0.2) is 16.1 Å². The van der Waals surface area contributed by atoms with Crippen molar-refractivity contribution in [1.82, 2.24) is 15.5 Å². The minimum absolute atomic E-state index is 0.155. The summed E-state index contributed by atoms with van der Waals surface area (Å²) in [7, 11) is 0. The molecule has 0 radical (unpaired) electrons. The van der Waals surface area contributed by atoms with Crippen molar-refractivity contribution in [2.24, 2.45) is 0 Å². The minimum atomic E-state index is -0.155. The lowest BCUT2D eigenvalue weighted by Crippen LogP contribution is -2.22. The number of amides is 1. The third kappa shape index (κ3) is 2.61. The fraction of sp³-hybridized carbons (Fsp3) is 0.0909. The van der Waals surface area contributed by atoms with E-state index in [1.54, 1.807) is 36.5 Å². The van der Waals surface area contributed by atoms with Crippen LogP contribution >= 0.6 is 11.6 Å². The highest BCUT2D eigenvalue weighted by atomic mass is 35.5. The summed E-state index contributed by atoms with van der Waals surface area (Å²) >= 11 is 5.79. The SMILES string of the molecule is O=C(NCc1ccn[nH]1)c1cccc(Cl)c1. The monoisotopic (exact) mass is 235 g/mol. The van der Waals surface area contributed by atoms with Gasteiger partial charge >= 0.3 is 0 Å². The van der Waals surface area contributed by atoms with Crippen LogP contribution in [0.25, 0.3) is 0 Å². The first-order valence-electron chi connectivity index (χ1n) is 4.78. The Bertz CT molecular complexity index is 482. The number of benzene rings is 1. The van der Waals surface area contributed by atoms with Crippen molar-refractivity contribution in [3.8, 4) is 0 Å². The molecule has 5 heteroatoms. The second kappa shape index (κ2) is 4.81. The van der Waals surface area contributed by atoms with Gasteiger partial charge in [0.2, 0.25) is 0 Å². The zero-order valence-corrected chi connectivity index (χ0v) is 9.16. The van der Waals surface area contributed by atoms with Crippen molar-refractivity contribution in [3.63, 3.8) is 0 Å². The lowest BCUT2D eigenvalue weighted by molar-refractivity contribution is 0.0950. The third-order valence-electron chi connectivity index (χ3n) is 2.08. The number of aromatic nitrogens is 2. The van der Waals surface area contributed by atoms with Crippen LogP contribution in [0.3, 0.4) is 0 Å². The van der Waals surface area contributed by atoms with Crippen LogP contribution in [0.4, 0.5) is 0 Å². The lowest BCUT2D eigenvalue weighted by atomic mass is 10.2. The van der Waals surface area contributed by atoms with Crippen molar-refractivity contribution in [2.75, 3.05) is 0 Å². The van der Waals surface area contributed by atoms with E-state index in [1.807, 2.05) is 0 Å². The average molecular weight is 236 g/mol. The fourth-order valence-electron chi connectivity index (χ4n) is 1.29. The molecule has 0 saturated heterocycles. The van der Waals surface area contributed by atoms with Gasteiger partial charge in [0.05, 0.1) is 12.2 Å². The molecule has 4 nitrogen and oxygen atoms in total. The van der Waals surface area contributed by atoms with E-state index in [0.717, 1.165) is 5.69 Å². The van der Waals surface area contributed by atoms with Gasteiger partial charge < -0.3 is 5.32 Å². The standard InChI is InChI=1S/C11H10ClN3O/c12-9-3-1-2-8(6-9)11(16)13-7-10-4-5-14-15-10/h1-6H,7H2,(H,13,16)(H,14,15). The number of hydrogen-bond donors (Lipinski definition) is 2. The number of nitrogens with zero attached hydrogens (tertiary/aromatic N) is 1. The molecule has 0 aliphatic rings. The molecule has 2 aromatic rings. The summed E-state index contributed by atoms with van der Waals surface area (Å²) < 4.78 is 0. The average Bonchev–Trinajstić information content (AvgIpc) is 2.78. The van der Waals surface area contributed by atoms with Gasteiger partial charge in [-0.2, -0.15) is 5.10 Å². The first-order chi connectivity index (χ1) is 7.75. The molecule has 0 aliphatic carbocycles. The van der Waals surface area contributed by atoms with Crippen molar-refractivity contribution in [1.29, 1.82) is 0 Å². The Morgan fingerprint density at radius 1 is 1.44 bits per heavy atom. The summed E-state index contributed by atoms with van der Waals surface area (Å²) in [5.41, 5.74) is 1.40. The normalized spacial score (nSPS) is 10.1. The molecule has 0 unspecified atom stereocenters. The Labute approximate surface area is 97.6 Å². The molecular weight excluding hydrogens is 226 g/mol. The predicted molar refractivity (Wildman–Crippen MR) is 61.2 cm³/mol. The first kappa shape index (κ1) is 10.7. The van der Waals surface area contributed by atoms with E-state index in [1.165, 1.54) is 0 Å². The number of rotatable bonds is 3. The van der Waals surface area contributed by atoms with Gasteiger partial charge in [0.15, 0.2) is 0 Å². The van der Waals surface area contributed by atoms with E-state index in [-0.39, 0.29) is 5.91 Å². The van der Waals surface area contributed by atoms with Gasteiger partial charge in [-0.05, 0) is 24.3 Å². The predicted octanol–water partition coefficient (Wildman–Crippen LogP) is 1.99. The number of aromatic amines is 1. The molecule has 2 N–H and O–H groups in total. The molecule has 1 aromatic carbocycles. The highest BCUT2D eigenvalue weighted by Gasteiger charge is 2.05. The van der Waals surface area contributed by atoms with Crippen LogP contribution in [0, 0.1) is 0 Å². The zero-order valence-electron chi connectivity index (χ0n) is 8.40. The van der Waals surface area contributed by atoms with E-state index in [4.69, 9.17) is 11.6 Å². The molecule has 1 heterocycles. The van der Waals surface area contributed by atoms with Crippen molar-refractivity contribution >= 4 is 17.5 Å². The Balaban J connectivity index is 1.98. The van der Waals surface area contributed by atoms with E-state index >= 15 is 0 Å². The molecule has 0 saturated carbocycles. The van der Waals surface area contributed by atoms with Gasteiger partial charge in [0.25, 0.3) is 5.91 Å². The summed E-state index contributed by atoms with van der Waals surface area (Å²) in [5, 5.41) is 9.86. The molecule has 2 rings (SSSR count). The molecule has 16 heavy (non-hydrogen) atoms. The molecule has 0 fully saturated rings. The van der Waals surface area contributed by atoms with Gasteiger partial charge in [0, 0.05) is 16.8 Å². The largest absolute Gasteiger partial charge is 0.346 e. The highest BCUT2D eigenvalue weighted by molar-refractivity contribution is 6.30. The maximum atomic E-state index is 11.7. The fourth-order valence-corrected chi connectivity index (χ4v) is 1.48. The molecular formula is C11H10ClN3O. The molecule has 0 aliphatic heterocycles. The Morgan fingerprint density at radius 2 is 2.31 bits per heavy atom. The number of H-pyrrole nitrogens is 1. The molecule has 0 spiro atoms. The molecule has 1 aromatic heterocycles. The van der Waals surface area contributed by atoms with Crippen LogP contribution in [0.15, 0.2) is 36.5 Å². The van der Waals surface area contributed by atoms with Gasteiger partial charge in [-0.25, -0.2) is 0 Å². The van der Waals surface area contributed by atoms with Gasteiger partial charge in [-0.3, -0.25) is 9.89 Å². The molecule has 0 atom stereocenters. The summed E-state index contributed by atoms with van der Waals surface area (Å²) in [6.07, 6.45) is 1.64. The van der Waals surface area contributed by atoms with E-state index in [2.05, 4.69) is 15.5 Å². The lowest BCUT2D eigenvalue weighted by Gasteiger charge is -2.03. The third-order valence-corrected chi connectivity index (χ3v) is 2.32. The number of halogens is 1. The van der Waals surface area contributed by atoms with E-state index in [0.29, 0.717) is 17.1 Å². The van der Waals surface area contributed by atoms with E-state index in [9.17, 15) is 4.79 Å². The van der Waals surface area contributed by atoms with Crippen LogP contribution in [0.5, 0.6) is 0 Å². The first-order valence-corrected chi connectivity index (χ1v) is 5.15. The smallest absolute Gasteiger partial charge is 0.251 e. The van der Waals surface area contributed by atoms with Gasteiger partial charge in [-0.1, -0.05) is 17.7 Å². The van der Waals surface area contributed by atoms with Gasteiger partial charge in [-0.15, -0.1) is 0 Å². The molecule has 0 bridgehead atoms. The Morgan fingerprint density at radius 3 is 3.00 bits per heavy atom. The topological polar surface area (TPSA) is 57.8 Å². The van der Waals surface area contributed by atoms with Crippen molar-refractivity contribution in [3.05, 3.63) is 52.8 Å². The number of nitrogens with one attached hydrogen (secondary N) is 2. The Kier molecular flexibility index (Phi) is 3.22. The van der Waals surface area contributed by atoms with Crippen molar-refractivity contribution < 1.29 is 4.79 Å². The minimum Gasteiger partial charge on any atom is -0.346 e. The Hall–Kier alpha value is -1.81. The maximum Gasteiger partial charge on any atom is 0.251 e.